The van der Waals surface area contributed by atoms with Gasteiger partial charge >= 0.3 is 0 Å². The summed E-state index contributed by atoms with van der Waals surface area (Å²) >= 11 is 0. The molecule has 3 heteroatoms. The van der Waals surface area contributed by atoms with Gasteiger partial charge in [-0.1, -0.05) is 0 Å². The van der Waals surface area contributed by atoms with Crippen LogP contribution in [0.5, 0.6) is 0 Å². The summed E-state index contributed by atoms with van der Waals surface area (Å²) in [6.45, 7) is 0. The normalized spacial score (nSPS) is 15.6. The van der Waals surface area contributed by atoms with Crippen molar-refractivity contribution in [2.45, 2.75) is 19.3 Å². The fraction of sp³-hybridized carbons (Fsp3) is 0.364. The Hall–Kier alpha value is -1.25. The lowest BCUT2D eigenvalue weighted by Crippen LogP contribution is -2.05. The van der Waals surface area contributed by atoms with Gasteiger partial charge in [0.1, 0.15) is 17.4 Å². The van der Waals surface area contributed by atoms with Gasteiger partial charge < -0.3 is 0 Å². The highest BCUT2D eigenvalue weighted by Crippen LogP contribution is 2.31. The lowest BCUT2D eigenvalue weighted by Gasteiger charge is -2.00. The summed E-state index contributed by atoms with van der Waals surface area (Å²) < 4.78 is 25.5. The van der Waals surface area contributed by atoms with E-state index in [1.165, 1.54) is 12.1 Å². The molecule has 1 aliphatic carbocycles. The highest BCUT2D eigenvalue weighted by atomic mass is 19.1. The molecule has 0 heterocycles. The smallest absolute Gasteiger partial charge is 0.140 e. The van der Waals surface area contributed by atoms with Crippen molar-refractivity contribution in [3.63, 3.8) is 0 Å². The van der Waals surface area contributed by atoms with Crippen LogP contribution in [0.3, 0.4) is 0 Å². The van der Waals surface area contributed by atoms with Gasteiger partial charge in [0.05, 0.1) is 0 Å². The first-order valence-corrected chi connectivity index (χ1v) is 4.63. The third-order valence-electron chi connectivity index (χ3n) is 2.33. The van der Waals surface area contributed by atoms with E-state index in [4.69, 9.17) is 0 Å². The molecule has 1 aliphatic rings. The second-order valence-corrected chi connectivity index (χ2v) is 3.70. The summed E-state index contributed by atoms with van der Waals surface area (Å²) in [7, 11) is 0. The minimum Gasteiger partial charge on any atom is -0.299 e. The minimum atomic E-state index is -0.622. The molecule has 74 valence electrons. The number of hydrogen-bond acceptors (Lipinski definition) is 1. The Morgan fingerprint density at radius 3 is 2.29 bits per heavy atom. The van der Waals surface area contributed by atoms with E-state index in [-0.39, 0.29) is 18.1 Å². The topological polar surface area (TPSA) is 17.1 Å². The van der Waals surface area contributed by atoms with Crippen LogP contribution in [0, 0.1) is 17.6 Å². The zero-order valence-electron chi connectivity index (χ0n) is 7.59. The summed E-state index contributed by atoms with van der Waals surface area (Å²) in [5.74, 6) is -1.01. The standard InChI is InChI=1S/C11H10F2O/c12-9-3-7(4-10(13)6-9)5-11(14)8-1-2-8/h3-4,6,8H,1-2,5H2. The average molecular weight is 196 g/mol. The second-order valence-electron chi connectivity index (χ2n) is 3.70. The van der Waals surface area contributed by atoms with Gasteiger partial charge in [-0.15, -0.1) is 0 Å². The van der Waals surface area contributed by atoms with Crippen LogP contribution in [0.1, 0.15) is 18.4 Å². The highest BCUT2D eigenvalue weighted by Gasteiger charge is 2.29. The molecule has 1 aromatic rings. The van der Waals surface area contributed by atoms with Gasteiger partial charge in [0.2, 0.25) is 0 Å². The van der Waals surface area contributed by atoms with Crippen molar-refractivity contribution in [3.8, 4) is 0 Å². The average Bonchev–Trinajstić information content (AvgIpc) is 2.82. The Bertz CT molecular complexity index is 349. The van der Waals surface area contributed by atoms with E-state index in [1.54, 1.807) is 0 Å². The van der Waals surface area contributed by atoms with Gasteiger partial charge in [-0.2, -0.15) is 0 Å². The molecule has 0 radical (unpaired) electrons. The Morgan fingerprint density at radius 2 is 1.79 bits per heavy atom. The van der Waals surface area contributed by atoms with Gasteiger partial charge in [-0.25, -0.2) is 8.78 Å². The van der Waals surface area contributed by atoms with Crippen molar-refractivity contribution in [3.05, 3.63) is 35.4 Å². The van der Waals surface area contributed by atoms with Crippen LogP contribution < -0.4 is 0 Å². The molecule has 1 fully saturated rings. The Balaban J connectivity index is 2.11. The fourth-order valence-corrected chi connectivity index (χ4v) is 1.46. The number of Topliss-reactive ketones (excluding diaryl/α,β-unsaturated/α-hetero) is 1. The molecule has 0 unspecified atom stereocenters. The number of rotatable bonds is 3. The molecule has 0 amide bonds. The predicted molar refractivity (Wildman–Crippen MR) is 47.8 cm³/mol. The van der Waals surface area contributed by atoms with Gasteiger partial charge in [-0.05, 0) is 30.5 Å². The van der Waals surface area contributed by atoms with Gasteiger partial charge in [0.15, 0.2) is 0 Å². The van der Waals surface area contributed by atoms with E-state index in [0.29, 0.717) is 5.56 Å². The van der Waals surface area contributed by atoms with E-state index >= 15 is 0 Å². The minimum absolute atomic E-state index is 0.0926. The third-order valence-corrected chi connectivity index (χ3v) is 2.33. The summed E-state index contributed by atoms with van der Waals surface area (Å²) in [5.41, 5.74) is 0.430. The summed E-state index contributed by atoms with van der Waals surface area (Å²) in [4.78, 5) is 11.4. The van der Waals surface area contributed by atoms with Crippen molar-refractivity contribution >= 4 is 5.78 Å². The third kappa shape index (κ3) is 2.16. The zero-order valence-corrected chi connectivity index (χ0v) is 7.59. The lowest BCUT2D eigenvalue weighted by molar-refractivity contribution is -0.119. The second kappa shape index (κ2) is 3.48. The van der Waals surface area contributed by atoms with Crippen LogP contribution in [0.2, 0.25) is 0 Å². The quantitative estimate of drug-likeness (QED) is 0.725. The van der Waals surface area contributed by atoms with Crippen LogP contribution in [-0.2, 0) is 11.2 Å². The summed E-state index contributed by atoms with van der Waals surface area (Å²) in [6, 6.07) is 3.23. The SMILES string of the molecule is O=C(Cc1cc(F)cc(F)c1)C1CC1. The molecular formula is C11H10F2O. The predicted octanol–water partition coefficient (Wildman–Crippen LogP) is 2.49. The molecule has 1 nitrogen and oxygen atoms in total. The monoisotopic (exact) mass is 196 g/mol. The van der Waals surface area contributed by atoms with Crippen LogP contribution >= 0.6 is 0 Å². The van der Waals surface area contributed by atoms with E-state index < -0.39 is 11.6 Å². The molecule has 0 N–H and O–H groups in total. The molecule has 0 spiro atoms. The Morgan fingerprint density at radius 1 is 1.21 bits per heavy atom. The van der Waals surface area contributed by atoms with Crippen LogP contribution in [0.25, 0.3) is 0 Å². The first-order chi connectivity index (χ1) is 6.65. The Labute approximate surface area is 80.7 Å². The van der Waals surface area contributed by atoms with Gasteiger partial charge in [0.25, 0.3) is 0 Å². The van der Waals surface area contributed by atoms with E-state index in [9.17, 15) is 13.6 Å². The lowest BCUT2D eigenvalue weighted by atomic mass is 10.1. The number of benzene rings is 1. The number of hydrogen-bond donors (Lipinski definition) is 0. The summed E-state index contributed by atoms with van der Waals surface area (Å²) in [6.07, 6.45) is 2.01. The number of carbonyl (C=O) groups excluding carboxylic acids is 1. The molecule has 0 saturated heterocycles. The Kier molecular flexibility index (Phi) is 2.32. The van der Waals surface area contributed by atoms with Crippen LogP contribution in [0.15, 0.2) is 18.2 Å². The molecule has 1 saturated carbocycles. The van der Waals surface area contributed by atoms with Crippen molar-refractivity contribution in [2.24, 2.45) is 5.92 Å². The number of ketones is 1. The van der Waals surface area contributed by atoms with Crippen molar-refractivity contribution in [2.75, 3.05) is 0 Å². The molecule has 14 heavy (non-hydrogen) atoms. The first kappa shape index (κ1) is 9.31. The molecule has 0 aromatic heterocycles. The highest BCUT2D eigenvalue weighted by molar-refractivity contribution is 5.85. The zero-order chi connectivity index (χ0) is 10.1. The van der Waals surface area contributed by atoms with Crippen LogP contribution in [0.4, 0.5) is 8.78 Å². The van der Waals surface area contributed by atoms with E-state index in [0.717, 1.165) is 18.9 Å². The number of carbonyl (C=O) groups is 1. The van der Waals surface area contributed by atoms with E-state index in [1.807, 2.05) is 0 Å². The van der Waals surface area contributed by atoms with Gasteiger partial charge in [-0.3, -0.25) is 4.79 Å². The van der Waals surface area contributed by atoms with Crippen molar-refractivity contribution < 1.29 is 13.6 Å². The largest absolute Gasteiger partial charge is 0.299 e. The molecule has 0 atom stereocenters. The fourth-order valence-electron chi connectivity index (χ4n) is 1.46. The van der Waals surface area contributed by atoms with Gasteiger partial charge in [0, 0.05) is 18.4 Å². The maximum atomic E-state index is 12.7. The van der Waals surface area contributed by atoms with E-state index in [2.05, 4.69) is 0 Å². The number of halogens is 2. The van der Waals surface area contributed by atoms with Crippen LogP contribution in [-0.4, -0.2) is 5.78 Å². The van der Waals surface area contributed by atoms with Crippen molar-refractivity contribution in [1.29, 1.82) is 0 Å². The molecule has 1 aromatic carbocycles. The molecule has 2 rings (SSSR count). The maximum Gasteiger partial charge on any atom is 0.140 e. The van der Waals surface area contributed by atoms with Crippen molar-refractivity contribution in [1.82, 2.24) is 0 Å². The molecular weight excluding hydrogens is 186 g/mol. The maximum absolute atomic E-state index is 12.7. The molecule has 0 aliphatic heterocycles. The summed E-state index contributed by atoms with van der Waals surface area (Å²) in [5, 5.41) is 0. The first-order valence-electron chi connectivity index (χ1n) is 4.63. The molecule has 0 bridgehead atoms.